The molecular formula is C12H11N3O2. The average molecular weight is 229 g/mol. The van der Waals surface area contributed by atoms with E-state index in [0.717, 1.165) is 16.7 Å². The summed E-state index contributed by atoms with van der Waals surface area (Å²) in [7, 11) is 0. The molecule has 3 aromatic rings. The third-order valence-electron chi connectivity index (χ3n) is 2.65. The fraction of sp³-hybridized carbons (Fsp3) is 0.167. The number of pyridine rings is 1. The Morgan fingerprint density at radius 2 is 2.41 bits per heavy atom. The average Bonchev–Trinajstić information content (AvgIpc) is 2.94. The minimum Gasteiger partial charge on any atom is -0.461 e. The minimum absolute atomic E-state index is 0.336. The number of esters is 1. The second kappa shape index (κ2) is 3.62. The molecule has 0 saturated heterocycles. The highest BCUT2D eigenvalue weighted by Gasteiger charge is 2.11. The molecule has 3 aromatic heterocycles. The van der Waals surface area contributed by atoms with Crippen LogP contribution in [-0.2, 0) is 4.74 Å². The number of imidazole rings is 1. The molecule has 3 rings (SSSR count). The molecule has 17 heavy (non-hydrogen) atoms. The zero-order valence-electron chi connectivity index (χ0n) is 9.30. The van der Waals surface area contributed by atoms with Crippen molar-refractivity contribution in [3.63, 3.8) is 0 Å². The first kappa shape index (κ1) is 9.89. The number of fused-ring (bicyclic) bond motifs is 3. The lowest BCUT2D eigenvalue weighted by atomic mass is 10.3. The third kappa shape index (κ3) is 1.47. The first-order valence-corrected chi connectivity index (χ1v) is 5.41. The van der Waals surface area contributed by atoms with Crippen molar-refractivity contribution < 1.29 is 9.53 Å². The van der Waals surface area contributed by atoms with Crippen LogP contribution in [0.4, 0.5) is 0 Å². The smallest absolute Gasteiger partial charge is 0.354 e. The Kier molecular flexibility index (Phi) is 2.11. The number of aromatic amines is 1. The van der Waals surface area contributed by atoms with Crippen LogP contribution in [-0.4, -0.2) is 26.9 Å². The number of nitrogens with one attached hydrogen (secondary N) is 1. The summed E-state index contributed by atoms with van der Waals surface area (Å²) in [5.74, 6) is -0.336. The van der Waals surface area contributed by atoms with Gasteiger partial charge in [0.15, 0.2) is 0 Å². The standard InChI is InChI=1S/C12H11N3O2/c1-2-17-12(16)9-7-10-8(14-9)3-4-11-13-5-6-15(10)11/h3-7,14H,2H2,1H3. The van der Waals surface area contributed by atoms with Crippen molar-refractivity contribution in [2.45, 2.75) is 6.92 Å². The first-order chi connectivity index (χ1) is 8.29. The maximum atomic E-state index is 11.6. The highest BCUT2D eigenvalue weighted by Crippen LogP contribution is 2.17. The topological polar surface area (TPSA) is 59.4 Å². The van der Waals surface area contributed by atoms with E-state index in [2.05, 4.69) is 9.97 Å². The summed E-state index contributed by atoms with van der Waals surface area (Å²) in [5, 5.41) is 0. The van der Waals surface area contributed by atoms with Crippen LogP contribution in [0.2, 0.25) is 0 Å². The molecule has 86 valence electrons. The van der Waals surface area contributed by atoms with Gasteiger partial charge in [0.1, 0.15) is 11.3 Å². The number of nitrogens with zero attached hydrogens (tertiary/aromatic N) is 2. The lowest BCUT2D eigenvalue weighted by molar-refractivity contribution is 0.0520. The molecule has 0 saturated carbocycles. The molecular weight excluding hydrogens is 218 g/mol. The lowest BCUT2D eigenvalue weighted by Gasteiger charge is -1.96. The Balaban J connectivity index is 2.20. The van der Waals surface area contributed by atoms with Crippen molar-refractivity contribution in [2.24, 2.45) is 0 Å². The third-order valence-corrected chi connectivity index (χ3v) is 2.65. The summed E-state index contributed by atoms with van der Waals surface area (Å²) in [5.41, 5.74) is 3.12. The van der Waals surface area contributed by atoms with Crippen molar-refractivity contribution in [3.05, 3.63) is 36.3 Å². The maximum absolute atomic E-state index is 11.6. The highest BCUT2D eigenvalue weighted by atomic mass is 16.5. The van der Waals surface area contributed by atoms with Crippen molar-refractivity contribution in [1.29, 1.82) is 0 Å². The molecule has 0 aliphatic rings. The number of carbonyl (C=O) groups excluding carboxylic acids is 1. The highest BCUT2D eigenvalue weighted by molar-refractivity contribution is 5.94. The molecule has 0 radical (unpaired) electrons. The van der Waals surface area contributed by atoms with Gasteiger partial charge in [0, 0.05) is 12.4 Å². The van der Waals surface area contributed by atoms with Crippen LogP contribution in [0.25, 0.3) is 16.7 Å². The van der Waals surface area contributed by atoms with Gasteiger partial charge in [-0.15, -0.1) is 0 Å². The van der Waals surface area contributed by atoms with Crippen LogP contribution in [0.15, 0.2) is 30.6 Å². The molecule has 5 heteroatoms. The van der Waals surface area contributed by atoms with Gasteiger partial charge in [-0.1, -0.05) is 0 Å². The van der Waals surface area contributed by atoms with Gasteiger partial charge in [0.2, 0.25) is 0 Å². The van der Waals surface area contributed by atoms with E-state index in [1.165, 1.54) is 0 Å². The number of aromatic nitrogens is 3. The van der Waals surface area contributed by atoms with E-state index in [-0.39, 0.29) is 5.97 Å². The summed E-state index contributed by atoms with van der Waals surface area (Å²) >= 11 is 0. The fourth-order valence-electron chi connectivity index (χ4n) is 1.90. The molecule has 0 aliphatic carbocycles. The molecule has 0 fully saturated rings. The number of hydrogen-bond acceptors (Lipinski definition) is 3. The van der Waals surface area contributed by atoms with E-state index >= 15 is 0 Å². The van der Waals surface area contributed by atoms with Gasteiger partial charge in [0.05, 0.1) is 17.6 Å². The summed E-state index contributed by atoms with van der Waals surface area (Å²) in [6.45, 7) is 2.16. The summed E-state index contributed by atoms with van der Waals surface area (Å²) in [6.07, 6.45) is 3.59. The van der Waals surface area contributed by atoms with Gasteiger partial charge in [-0.2, -0.15) is 0 Å². The van der Waals surface area contributed by atoms with E-state index in [9.17, 15) is 4.79 Å². The predicted octanol–water partition coefficient (Wildman–Crippen LogP) is 1.99. The number of ether oxygens (including phenoxy) is 1. The predicted molar refractivity (Wildman–Crippen MR) is 63.0 cm³/mol. The quantitative estimate of drug-likeness (QED) is 0.683. The lowest BCUT2D eigenvalue weighted by Crippen LogP contribution is -2.04. The molecule has 0 spiro atoms. The van der Waals surface area contributed by atoms with Gasteiger partial charge in [-0.3, -0.25) is 4.40 Å². The van der Waals surface area contributed by atoms with Crippen LogP contribution in [0.1, 0.15) is 17.4 Å². The Labute approximate surface area is 97.0 Å². The van der Waals surface area contributed by atoms with Crippen molar-refractivity contribution >= 4 is 22.6 Å². The zero-order chi connectivity index (χ0) is 11.8. The Hall–Kier alpha value is -2.30. The van der Waals surface area contributed by atoms with Gasteiger partial charge in [0.25, 0.3) is 0 Å². The first-order valence-electron chi connectivity index (χ1n) is 5.41. The summed E-state index contributed by atoms with van der Waals surface area (Å²) < 4.78 is 6.88. The van der Waals surface area contributed by atoms with Crippen LogP contribution < -0.4 is 0 Å². The second-order valence-corrected chi connectivity index (χ2v) is 3.69. The zero-order valence-corrected chi connectivity index (χ0v) is 9.30. The van der Waals surface area contributed by atoms with E-state index in [0.29, 0.717) is 12.3 Å². The van der Waals surface area contributed by atoms with Gasteiger partial charge >= 0.3 is 5.97 Å². The molecule has 0 aromatic carbocycles. The number of rotatable bonds is 2. The number of carbonyl (C=O) groups is 1. The van der Waals surface area contributed by atoms with E-state index < -0.39 is 0 Å². The monoisotopic (exact) mass is 229 g/mol. The minimum atomic E-state index is -0.336. The second-order valence-electron chi connectivity index (χ2n) is 3.69. The van der Waals surface area contributed by atoms with Crippen molar-refractivity contribution in [3.8, 4) is 0 Å². The SMILES string of the molecule is CCOC(=O)c1cc2c(ccc3nccn32)[nH]1. The van der Waals surface area contributed by atoms with E-state index in [4.69, 9.17) is 4.74 Å². The van der Waals surface area contributed by atoms with Crippen LogP contribution in [0.3, 0.4) is 0 Å². The number of hydrogen-bond donors (Lipinski definition) is 1. The Bertz CT molecular complexity index is 696. The molecule has 0 atom stereocenters. The van der Waals surface area contributed by atoms with E-state index in [1.807, 2.05) is 22.7 Å². The number of H-pyrrole nitrogens is 1. The Morgan fingerprint density at radius 1 is 1.53 bits per heavy atom. The van der Waals surface area contributed by atoms with Crippen molar-refractivity contribution in [2.75, 3.05) is 6.61 Å². The fourth-order valence-corrected chi connectivity index (χ4v) is 1.90. The normalized spacial score (nSPS) is 11.1. The van der Waals surface area contributed by atoms with Crippen LogP contribution in [0.5, 0.6) is 0 Å². The Morgan fingerprint density at radius 3 is 3.24 bits per heavy atom. The molecule has 0 bridgehead atoms. The molecule has 1 N–H and O–H groups in total. The molecule has 5 nitrogen and oxygen atoms in total. The van der Waals surface area contributed by atoms with Crippen LogP contribution >= 0.6 is 0 Å². The van der Waals surface area contributed by atoms with Gasteiger partial charge in [-0.05, 0) is 25.1 Å². The maximum Gasteiger partial charge on any atom is 0.354 e. The molecule has 0 unspecified atom stereocenters. The van der Waals surface area contributed by atoms with Gasteiger partial charge < -0.3 is 9.72 Å². The van der Waals surface area contributed by atoms with Crippen molar-refractivity contribution in [1.82, 2.24) is 14.4 Å². The van der Waals surface area contributed by atoms with Crippen LogP contribution in [0, 0.1) is 0 Å². The summed E-state index contributed by atoms with van der Waals surface area (Å²) in [4.78, 5) is 18.8. The summed E-state index contributed by atoms with van der Waals surface area (Å²) in [6, 6.07) is 5.58. The largest absolute Gasteiger partial charge is 0.461 e. The molecule has 0 amide bonds. The molecule has 0 aliphatic heterocycles. The molecule has 3 heterocycles. The van der Waals surface area contributed by atoms with E-state index in [1.54, 1.807) is 19.2 Å². The van der Waals surface area contributed by atoms with Gasteiger partial charge in [-0.25, -0.2) is 9.78 Å².